The van der Waals surface area contributed by atoms with E-state index in [4.69, 9.17) is 0 Å². The second-order valence-corrected chi connectivity index (χ2v) is 4.55. The third-order valence-electron chi connectivity index (χ3n) is 3.48. The molecule has 0 aromatic carbocycles. The van der Waals surface area contributed by atoms with E-state index in [1.165, 1.54) is 0 Å². The van der Waals surface area contributed by atoms with Gasteiger partial charge in [-0.15, -0.1) is 0 Å². The molecule has 1 saturated heterocycles. The van der Waals surface area contributed by atoms with Crippen LogP contribution in [-0.4, -0.2) is 34.6 Å². The predicted molar refractivity (Wildman–Crippen MR) is 59.5 cm³/mol. The van der Waals surface area contributed by atoms with Crippen molar-refractivity contribution in [2.45, 2.75) is 31.4 Å². The summed E-state index contributed by atoms with van der Waals surface area (Å²) in [6, 6.07) is 4.26. The lowest BCUT2D eigenvalue weighted by atomic mass is 9.82. The third-order valence-corrected chi connectivity index (χ3v) is 3.48. The van der Waals surface area contributed by atoms with Crippen molar-refractivity contribution in [2.24, 2.45) is 0 Å². The molecule has 1 aliphatic rings. The molecule has 0 amide bonds. The molecule has 0 spiro atoms. The van der Waals surface area contributed by atoms with Crippen molar-refractivity contribution in [1.29, 1.82) is 0 Å². The van der Waals surface area contributed by atoms with Crippen LogP contribution in [0.15, 0.2) is 24.5 Å². The van der Waals surface area contributed by atoms with Crippen LogP contribution in [0.5, 0.6) is 0 Å². The fourth-order valence-electron chi connectivity index (χ4n) is 2.25. The van der Waals surface area contributed by atoms with E-state index in [1.807, 2.05) is 12.1 Å². The maximum Gasteiger partial charge on any atom is 0.0924 e. The molecule has 3 nitrogen and oxygen atoms in total. The maximum atomic E-state index is 10.6. The Hall–Kier alpha value is -0.930. The first kappa shape index (κ1) is 10.6. The Bertz CT molecular complexity index is 328. The van der Waals surface area contributed by atoms with E-state index >= 15 is 0 Å². The Balaban J connectivity index is 2.21. The zero-order valence-electron chi connectivity index (χ0n) is 9.35. The van der Waals surface area contributed by atoms with Crippen molar-refractivity contribution in [3.05, 3.63) is 30.1 Å². The van der Waals surface area contributed by atoms with Gasteiger partial charge in [-0.05, 0) is 44.5 Å². The lowest BCUT2D eigenvalue weighted by Crippen LogP contribution is -2.45. The number of piperidine rings is 1. The highest BCUT2D eigenvalue weighted by atomic mass is 16.3. The molecule has 1 aromatic heterocycles. The normalized spacial score (nSPS) is 32.9. The van der Waals surface area contributed by atoms with E-state index in [1.54, 1.807) is 12.4 Å². The van der Waals surface area contributed by atoms with Crippen molar-refractivity contribution in [3.63, 3.8) is 0 Å². The van der Waals surface area contributed by atoms with Gasteiger partial charge >= 0.3 is 0 Å². The van der Waals surface area contributed by atoms with Crippen LogP contribution in [-0.2, 0) is 5.60 Å². The molecule has 0 aliphatic carbocycles. The molecule has 0 radical (unpaired) electrons. The lowest BCUT2D eigenvalue weighted by Gasteiger charge is -2.41. The van der Waals surface area contributed by atoms with Crippen LogP contribution in [0.2, 0.25) is 0 Å². The zero-order valence-corrected chi connectivity index (χ0v) is 9.35. The van der Waals surface area contributed by atoms with Crippen molar-refractivity contribution in [1.82, 2.24) is 9.88 Å². The summed E-state index contributed by atoms with van der Waals surface area (Å²) in [4.78, 5) is 6.27. The minimum atomic E-state index is -0.658. The first-order chi connectivity index (χ1) is 7.12. The van der Waals surface area contributed by atoms with Crippen LogP contribution in [0.4, 0.5) is 0 Å². The van der Waals surface area contributed by atoms with Gasteiger partial charge in [-0.1, -0.05) is 0 Å². The van der Waals surface area contributed by atoms with Crippen LogP contribution >= 0.6 is 0 Å². The smallest absolute Gasteiger partial charge is 0.0924 e. The Labute approximate surface area is 90.8 Å². The maximum absolute atomic E-state index is 10.6. The van der Waals surface area contributed by atoms with Crippen LogP contribution in [0.25, 0.3) is 0 Å². The summed E-state index contributed by atoms with van der Waals surface area (Å²) in [6.45, 7) is 3.10. The third kappa shape index (κ3) is 2.03. The summed E-state index contributed by atoms with van der Waals surface area (Å²) in [7, 11) is 2.11. The quantitative estimate of drug-likeness (QED) is 0.754. The molecule has 2 heterocycles. The van der Waals surface area contributed by atoms with E-state index < -0.39 is 5.60 Å². The van der Waals surface area contributed by atoms with Gasteiger partial charge in [0.15, 0.2) is 0 Å². The first-order valence-electron chi connectivity index (χ1n) is 5.45. The molecule has 82 valence electrons. The standard InChI is InChI=1S/C12H18N2O/c1-10-9-12(15,5-8-14(10)2)11-3-6-13-7-4-11/h3-4,6-7,10,15H,5,8-9H2,1-2H3. The first-order valence-corrected chi connectivity index (χ1v) is 5.45. The van der Waals surface area contributed by atoms with Crippen molar-refractivity contribution < 1.29 is 5.11 Å². The highest BCUT2D eigenvalue weighted by molar-refractivity contribution is 5.20. The van der Waals surface area contributed by atoms with Gasteiger partial charge in [0.2, 0.25) is 0 Å². The second-order valence-electron chi connectivity index (χ2n) is 4.55. The van der Waals surface area contributed by atoms with Gasteiger partial charge < -0.3 is 10.0 Å². The SMILES string of the molecule is CC1CC(O)(c2ccncc2)CCN1C. The van der Waals surface area contributed by atoms with Crippen molar-refractivity contribution in [3.8, 4) is 0 Å². The number of aliphatic hydroxyl groups is 1. The number of likely N-dealkylation sites (tertiary alicyclic amines) is 1. The Kier molecular flexibility index (Phi) is 2.76. The summed E-state index contributed by atoms with van der Waals surface area (Å²) in [5, 5.41) is 10.6. The van der Waals surface area contributed by atoms with Crippen LogP contribution in [0.1, 0.15) is 25.3 Å². The van der Waals surface area contributed by atoms with Gasteiger partial charge in [0.1, 0.15) is 0 Å². The number of hydrogen-bond donors (Lipinski definition) is 1. The molecule has 0 bridgehead atoms. The number of aromatic nitrogens is 1. The Morgan fingerprint density at radius 1 is 1.47 bits per heavy atom. The molecular weight excluding hydrogens is 188 g/mol. The van der Waals surface area contributed by atoms with Gasteiger partial charge in [-0.3, -0.25) is 4.98 Å². The van der Waals surface area contributed by atoms with Gasteiger partial charge in [0.05, 0.1) is 5.60 Å². The summed E-state index contributed by atoms with van der Waals surface area (Å²) < 4.78 is 0. The largest absolute Gasteiger partial charge is 0.385 e. The fourth-order valence-corrected chi connectivity index (χ4v) is 2.25. The number of nitrogens with zero attached hydrogens (tertiary/aromatic N) is 2. The van der Waals surface area contributed by atoms with E-state index in [9.17, 15) is 5.11 Å². The van der Waals surface area contributed by atoms with Crippen LogP contribution in [0.3, 0.4) is 0 Å². The molecule has 3 heteroatoms. The van der Waals surface area contributed by atoms with Gasteiger partial charge in [-0.2, -0.15) is 0 Å². The topological polar surface area (TPSA) is 36.4 Å². The van der Waals surface area contributed by atoms with Crippen molar-refractivity contribution >= 4 is 0 Å². The Morgan fingerprint density at radius 2 is 2.13 bits per heavy atom. The highest BCUT2D eigenvalue weighted by Crippen LogP contribution is 2.34. The molecule has 15 heavy (non-hydrogen) atoms. The number of pyridine rings is 1. The van der Waals surface area contributed by atoms with E-state index in [0.717, 1.165) is 24.9 Å². The molecule has 2 atom stereocenters. The molecule has 1 fully saturated rings. The molecule has 1 aromatic rings. The zero-order chi connectivity index (χ0) is 10.9. The molecule has 0 saturated carbocycles. The highest BCUT2D eigenvalue weighted by Gasteiger charge is 2.36. The number of rotatable bonds is 1. The van der Waals surface area contributed by atoms with E-state index in [0.29, 0.717) is 6.04 Å². The summed E-state index contributed by atoms with van der Waals surface area (Å²) in [6.07, 6.45) is 5.10. The summed E-state index contributed by atoms with van der Waals surface area (Å²) in [5.74, 6) is 0. The van der Waals surface area contributed by atoms with Crippen LogP contribution in [0, 0.1) is 0 Å². The number of hydrogen-bond acceptors (Lipinski definition) is 3. The molecular formula is C12H18N2O. The fraction of sp³-hybridized carbons (Fsp3) is 0.583. The molecule has 1 N–H and O–H groups in total. The average molecular weight is 206 g/mol. The lowest BCUT2D eigenvalue weighted by molar-refractivity contribution is -0.0409. The summed E-state index contributed by atoms with van der Waals surface area (Å²) in [5.41, 5.74) is 0.340. The average Bonchev–Trinajstić information content (AvgIpc) is 2.26. The predicted octanol–water partition coefficient (Wildman–Crippen LogP) is 1.38. The molecule has 2 unspecified atom stereocenters. The van der Waals surface area contributed by atoms with Crippen molar-refractivity contribution in [2.75, 3.05) is 13.6 Å². The van der Waals surface area contributed by atoms with Gasteiger partial charge in [0.25, 0.3) is 0 Å². The minimum absolute atomic E-state index is 0.428. The monoisotopic (exact) mass is 206 g/mol. The summed E-state index contributed by atoms with van der Waals surface area (Å²) >= 11 is 0. The van der Waals surface area contributed by atoms with E-state index in [-0.39, 0.29) is 0 Å². The van der Waals surface area contributed by atoms with Crippen LogP contribution < -0.4 is 0 Å². The van der Waals surface area contributed by atoms with Gasteiger partial charge in [-0.25, -0.2) is 0 Å². The molecule has 2 rings (SSSR count). The molecule has 1 aliphatic heterocycles. The minimum Gasteiger partial charge on any atom is -0.385 e. The Morgan fingerprint density at radius 3 is 2.73 bits per heavy atom. The second kappa shape index (κ2) is 3.91. The van der Waals surface area contributed by atoms with E-state index in [2.05, 4.69) is 23.9 Å². The van der Waals surface area contributed by atoms with Gasteiger partial charge in [0, 0.05) is 25.0 Å².